The molecule has 148 valence electrons. The van der Waals surface area contributed by atoms with Crippen molar-refractivity contribution in [2.75, 3.05) is 24.1 Å². The van der Waals surface area contributed by atoms with Gasteiger partial charge in [0, 0.05) is 13.1 Å². The van der Waals surface area contributed by atoms with Gasteiger partial charge in [0.2, 0.25) is 10.0 Å². The van der Waals surface area contributed by atoms with Crippen molar-refractivity contribution in [1.82, 2.24) is 10.6 Å². The minimum atomic E-state index is -3.31. The van der Waals surface area contributed by atoms with Crippen molar-refractivity contribution in [2.45, 2.75) is 53.0 Å². The monoisotopic (exact) mass is 382 g/mol. The van der Waals surface area contributed by atoms with E-state index in [9.17, 15) is 8.42 Å². The molecule has 6 nitrogen and oxygen atoms in total. The largest absolute Gasteiger partial charge is 0.357 e. The third-order valence-electron chi connectivity index (χ3n) is 4.17. The first-order chi connectivity index (χ1) is 12.4. The summed E-state index contributed by atoms with van der Waals surface area (Å²) in [5.74, 6) is 1.40. The number of guanidine groups is 1. The highest BCUT2D eigenvalue weighted by atomic mass is 32.2. The molecule has 0 aliphatic rings. The molecule has 1 aromatic rings. The summed E-state index contributed by atoms with van der Waals surface area (Å²) in [5.41, 5.74) is 1.41. The van der Waals surface area contributed by atoms with E-state index in [1.54, 1.807) is 6.07 Å². The van der Waals surface area contributed by atoms with Gasteiger partial charge in [0.25, 0.3) is 0 Å². The predicted octanol–water partition coefficient (Wildman–Crippen LogP) is 3.33. The second-order valence-corrected chi connectivity index (χ2v) is 8.27. The Morgan fingerprint density at radius 2 is 1.88 bits per heavy atom. The lowest BCUT2D eigenvalue weighted by Gasteiger charge is -2.18. The minimum Gasteiger partial charge on any atom is -0.357 e. The van der Waals surface area contributed by atoms with Crippen molar-refractivity contribution in [1.29, 1.82) is 0 Å². The number of nitrogens with zero attached hydrogens (tertiary/aromatic N) is 1. The van der Waals surface area contributed by atoms with Crippen LogP contribution in [0.3, 0.4) is 0 Å². The fourth-order valence-electron chi connectivity index (χ4n) is 2.65. The second-order valence-electron chi connectivity index (χ2n) is 6.52. The van der Waals surface area contributed by atoms with E-state index in [-0.39, 0.29) is 0 Å². The zero-order chi connectivity index (χ0) is 19.4. The number of unbranched alkanes of at least 4 members (excludes halogenated alkanes) is 1. The number of hydrogen-bond acceptors (Lipinski definition) is 3. The van der Waals surface area contributed by atoms with E-state index >= 15 is 0 Å². The fraction of sp³-hybridized carbons (Fsp3) is 0.632. The first kappa shape index (κ1) is 22.3. The molecular formula is C19H34N4O2S. The molecule has 26 heavy (non-hydrogen) atoms. The van der Waals surface area contributed by atoms with E-state index in [2.05, 4.69) is 34.2 Å². The zero-order valence-electron chi connectivity index (χ0n) is 16.5. The van der Waals surface area contributed by atoms with Crippen molar-refractivity contribution in [3.05, 3.63) is 29.8 Å². The number of aliphatic imine (C=N–C) groups is 1. The van der Waals surface area contributed by atoms with Crippen molar-refractivity contribution < 1.29 is 8.42 Å². The molecule has 3 N–H and O–H groups in total. The van der Waals surface area contributed by atoms with E-state index in [1.165, 1.54) is 19.3 Å². The number of hydrogen-bond donors (Lipinski definition) is 3. The van der Waals surface area contributed by atoms with Gasteiger partial charge in [-0.05, 0) is 30.9 Å². The normalized spacial score (nSPS) is 13.3. The van der Waals surface area contributed by atoms with E-state index in [0.29, 0.717) is 18.2 Å². The Bertz CT molecular complexity index is 659. The van der Waals surface area contributed by atoms with Crippen molar-refractivity contribution in [3.8, 4) is 0 Å². The number of anilines is 1. The second kappa shape index (κ2) is 11.8. The molecule has 0 spiro atoms. The molecule has 0 amide bonds. The molecule has 0 radical (unpaired) electrons. The summed E-state index contributed by atoms with van der Waals surface area (Å²) in [6.07, 6.45) is 5.99. The Hall–Kier alpha value is -1.76. The van der Waals surface area contributed by atoms with Crippen LogP contribution in [0, 0.1) is 5.92 Å². The summed E-state index contributed by atoms with van der Waals surface area (Å²) < 4.78 is 25.6. The lowest BCUT2D eigenvalue weighted by molar-refractivity contribution is 0.443. The van der Waals surface area contributed by atoms with E-state index in [4.69, 9.17) is 0 Å². The molecule has 0 fully saturated rings. The fourth-order valence-corrected chi connectivity index (χ4v) is 3.25. The molecule has 1 aromatic carbocycles. The summed E-state index contributed by atoms with van der Waals surface area (Å²) in [6.45, 7) is 8.55. The van der Waals surface area contributed by atoms with Crippen LogP contribution in [0.2, 0.25) is 0 Å². The summed E-state index contributed by atoms with van der Waals surface area (Å²) in [5, 5.41) is 6.68. The summed E-state index contributed by atoms with van der Waals surface area (Å²) in [6, 6.07) is 7.33. The minimum absolute atomic E-state index is 0.403. The van der Waals surface area contributed by atoms with Gasteiger partial charge in [-0.3, -0.25) is 4.72 Å². The van der Waals surface area contributed by atoms with Crippen LogP contribution in [0.15, 0.2) is 29.3 Å². The molecule has 0 aliphatic heterocycles. The Kier molecular flexibility index (Phi) is 10.1. The smallest absolute Gasteiger partial charge is 0.229 e. The van der Waals surface area contributed by atoms with Gasteiger partial charge in [0.05, 0.1) is 18.5 Å². The summed E-state index contributed by atoms with van der Waals surface area (Å²) in [4.78, 5) is 4.62. The third-order valence-corrected chi connectivity index (χ3v) is 4.76. The van der Waals surface area contributed by atoms with Crippen LogP contribution in [-0.2, 0) is 16.6 Å². The van der Waals surface area contributed by atoms with Gasteiger partial charge in [-0.25, -0.2) is 13.4 Å². The molecule has 0 saturated heterocycles. The number of nitrogens with one attached hydrogen (secondary N) is 3. The van der Waals surface area contributed by atoms with Crippen LogP contribution in [-0.4, -0.2) is 33.7 Å². The molecule has 0 aliphatic carbocycles. The van der Waals surface area contributed by atoms with Crippen molar-refractivity contribution in [3.63, 3.8) is 0 Å². The molecule has 1 atom stereocenters. The highest BCUT2D eigenvalue weighted by molar-refractivity contribution is 7.92. The lowest BCUT2D eigenvalue weighted by Crippen LogP contribution is -2.39. The van der Waals surface area contributed by atoms with Gasteiger partial charge in [0.1, 0.15) is 0 Å². The van der Waals surface area contributed by atoms with Crippen LogP contribution in [0.4, 0.5) is 5.69 Å². The molecule has 7 heteroatoms. The van der Waals surface area contributed by atoms with Crippen LogP contribution in [0.25, 0.3) is 0 Å². The van der Waals surface area contributed by atoms with Crippen LogP contribution >= 0.6 is 0 Å². The van der Waals surface area contributed by atoms with E-state index in [0.717, 1.165) is 37.3 Å². The van der Waals surface area contributed by atoms with Crippen LogP contribution in [0.1, 0.15) is 52.0 Å². The maximum atomic E-state index is 11.5. The summed E-state index contributed by atoms with van der Waals surface area (Å²) >= 11 is 0. The maximum Gasteiger partial charge on any atom is 0.229 e. The number of benzene rings is 1. The third kappa shape index (κ3) is 9.08. The Morgan fingerprint density at radius 3 is 2.50 bits per heavy atom. The van der Waals surface area contributed by atoms with Gasteiger partial charge in [-0.15, -0.1) is 0 Å². The van der Waals surface area contributed by atoms with Gasteiger partial charge in [0.15, 0.2) is 5.96 Å². The quantitative estimate of drug-likeness (QED) is 0.405. The highest BCUT2D eigenvalue weighted by Crippen LogP contribution is 2.17. The predicted molar refractivity (Wildman–Crippen MR) is 111 cm³/mol. The lowest BCUT2D eigenvalue weighted by atomic mass is 9.99. The van der Waals surface area contributed by atoms with Gasteiger partial charge in [-0.2, -0.15) is 0 Å². The SMILES string of the molecule is CCCCC(CC)CNC(=NCc1ccccc1NS(C)(=O)=O)NCC. The van der Waals surface area contributed by atoms with Crippen molar-refractivity contribution >= 4 is 21.7 Å². The molecule has 0 saturated carbocycles. The van der Waals surface area contributed by atoms with Crippen LogP contribution < -0.4 is 15.4 Å². The number of sulfonamides is 1. The molecular weight excluding hydrogens is 348 g/mol. The molecule has 1 unspecified atom stereocenters. The Balaban J connectivity index is 2.77. The zero-order valence-corrected chi connectivity index (χ0v) is 17.3. The Labute approximate surface area is 158 Å². The first-order valence-electron chi connectivity index (χ1n) is 9.47. The Morgan fingerprint density at radius 1 is 1.15 bits per heavy atom. The molecule has 1 rings (SSSR count). The maximum absolute atomic E-state index is 11.5. The van der Waals surface area contributed by atoms with Crippen LogP contribution in [0.5, 0.6) is 0 Å². The topological polar surface area (TPSA) is 82.6 Å². The highest BCUT2D eigenvalue weighted by Gasteiger charge is 2.09. The molecule has 0 bridgehead atoms. The number of rotatable bonds is 11. The average Bonchev–Trinajstić information content (AvgIpc) is 2.59. The van der Waals surface area contributed by atoms with Gasteiger partial charge < -0.3 is 10.6 Å². The van der Waals surface area contributed by atoms with Gasteiger partial charge >= 0.3 is 0 Å². The number of para-hydroxylation sites is 1. The first-order valence-corrected chi connectivity index (χ1v) is 11.4. The summed E-state index contributed by atoms with van der Waals surface area (Å²) in [7, 11) is -3.31. The van der Waals surface area contributed by atoms with E-state index in [1.807, 2.05) is 25.1 Å². The van der Waals surface area contributed by atoms with Crippen molar-refractivity contribution in [2.24, 2.45) is 10.9 Å². The van der Waals surface area contributed by atoms with E-state index < -0.39 is 10.0 Å². The average molecular weight is 383 g/mol. The molecule has 0 aromatic heterocycles. The van der Waals surface area contributed by atoms with Gasteiger partial charge in [-0.1, -0.05) is 51.3 Å². The standard InChI is InChI=1S/C19H34N4O2S/c1-5-8-11-16(6-2)14-21-19(20-7-3)22-15-17-12-9-10-13-18(17)23-26(4,24)25/h9-10,12-13,16,23H,5-8,11,14-15H2,1-4H3,(H2,20,21,22). The molecule has 0 heterocycles.